The maximum atomic E-state index is 12.1. The second kappa shape index (κ2) is 6.83. The van der Waals surface area contributed by atoms with Gasteiger partial charge in [0.1, 0.15) is 5.75 Å². The van der Waals surface area contributed by atoms with Gasteiger partial charge in [-0.05, 0) is 36.6 Å². The molecule has 1 aliphatic carbocycles. The van der Waals surface area contributed by atoms with Crippen molar-refractivity contribution in [2.24, 2.45) is 5.92 Å². The summed E-state index contributed by atoms with van der Waals surface area (Å²) >= 11 is 1.77. The smallest absolute Gasteiger partial charge is 0.176 e. The van der Waals surface area contributed by atoms with Crippen LogP contribution in [0.15, 0.2) is 24.3 Å². The van der Waals surface area contributed by atoms with E-state index in [1.807, 2.05) is 24.3 Å². The second-order valence-electron chi connectivity index (χ2n) is 4.79. The summed E-state index contributed by atoms with van der Waals surface area (Å²) in [4.78, 5) is 12.1. The van der Waals surface area contributed by atoms with Gasteiger partial charge < -0.3 is 4.74 Å². The molecule has 0 atom stereocenters. The van der Waals surface area contributed by atoms with E-state index in [1.54, 1.807) is 18.9 Å². The molecule has 1 aromatic rings. The Labute approximate surface area is 113 Å². The third-order valence-corrected chi connectivity index (χ3v) is 4.64. The summed E-state index contributed by atoms with van der Waals surface area (Å²) in [6.07, 6.45) is 5.42. The average Bonchev–Trinajstić information content (AvgIpc) is 2.91. The third kappa shape index (κ3) is 3.52. The van der Waals surface area contributed by atoms with Crippen LogP contribution in [0, 0.1) is 5.92 Å². The summed E-state index contributed by atoms with van der Waals surface area (Å²) in [6, 6.07) is 7.46. The molecule has 0 radical (unpaired) electrons. The quantitative estimate of drug-likeness (QED) is 0.731. The van der Waals surface area contributed by atoms with Crippen molar-refractivity contribution in [1.82, 2.24) is 0 Å². The van der Waals surface area contributed by atoms with E-state index in [0.29, 0.717) is 17.1 Å². The molecule has 0 bridgehead atoms. The molecule has 0 amide bonds. The minimum atomic E-state index is 0.176. The van der Waals surface area contributed by atoms with Crippen LogP contribution in [0.2, 0.25) is 0 Å². The minimum absolute atomic E-state index is 0.176. The zero-order valence-electron chi connectivity index (χ0n) is 10.9. The molecule has 0 aliphatic heterocycles. The van der Waals surface area contributed by atoms with Gasteiger partial charge in [-0.2, -0.15) is 11.8 Å². The van der Waals surface area contributed by atoms with E-state index < -0.39 is 0 Å². The molecule has 0 spiro atoms. The molecular formula is C15H20O2S. The molecule has 0 unspecified atom stereocenters. The molecule has 1 aromatic carbocycles. The normalized spacial score (nSPS) is 15.8. The van der Waals surface area contributed by atoms with Crippen molar-refractivity contribution in [2.45, 2.75) is 25.7 Å². The largest absolute Gasteiger partial charge is 0.496 e. The van der Waals surface area contributed by atoms with Crippen molar-refractivity contribution < 1.29 is 9.53 Å². The van der Waals surface area contributed by atoms with Crippen molar-refractivity contribution in [3.8, 4) is 5.75 Å². The van der Waals surface area contributed by atoms with E-state index in [2.05, 4.69) is 0 Å². The molecule has 0 N–H and O–H groups in total. The zero-order chi connectivity index (χ0) is 12.8. The number of ketones is 1. The van der Waals surface area contributed by atoms with Crippen LogP contribution in [-0.4, -0.2) is 24.4 Å². The Morgan fingerprint density at radius 2 is 2.06 bits per heavy atom. The predicted octanol–water partition coefficient (Wildman–Crippen LogP) is 3.80. The highest BCUT2D eigenvalue weighted by Gasteiger charge is 2.16. The number of hydrogen-bond donors (Lipinski definition) is 0. The topological polar surface area (TPSA) is 26.3 Å². The molecule has 2 rings (SSSR count). The van der Waals surface area contributed by atoms with E-state index in [4.69, 9.17) is 4.74 Å². The van der Waals surface area contributed by atoms with E-state index in [1.165, 1.54) is 25.7 Å². The number of ether oxygens (including phenoxy) is 1. The molecule has 2 nitrogen and oxygen atoms in total. The predicted molar refractivity (Wildman–Crippen MR) is 76.6 cm³/mol. The van der Waals surface area contributed by atoms with Crippen molar-refractivity contribution >= 4 is 17.5 Å². The standard InChI is InChI=1S/C15H20O2S/c1-17-15-9-5-4-8-13(15)14(16)11-18-10-12-6-2-3-7-12/h4-5,8-9,12H,2-3,6-7,10-11H2,1H3. The van der Waals surface area contributed by atoms with Crippen LogP contribution in [0.1, 0.15) is 36.0 Å². The van der Waals surface area contributed by atoms with Gasteiger partial charge in [-0.15, -0.1) is 0 Å². The van der Waals surface area contributed by atoms with Gasteiger partial charge in [-0.1, -0.05) is 25.0 Å². The maximum Gasteiger partial charge on any atom is 0.176 e. The summed E-state index contributed by atoms with van der Waals surface area (Å²) in [7, 11) is 1.61. The fourth-order valence-corrected chi connectivity index (χ4v) is 3.57. The molecule has 0 aromatic heterocycles. The van der Waals surface area contributed by atoms with Crippen LogP contribution in [0.25, 0.3) is 0 Å². The van der Waals surface area contributed by atoms with Gasteiger partial charge in [0, 0.05) is 0 Å². The number of rotatable bonds is 6. The summed E-state index contributed by atoms with van der Waals surface area (Å²) in [6.45, 7) is 0. The van der Waals surface area contributed by atoms with Crippen LogP contribution >= 0.6 is 11.8 Å². The highest BCUT2D eigenvalue weighted by Crippen LogP contribution is 2.28. The van der Waals surface area contributed by atoms with E-state index in [-0.39, 0.29) is 5.78 Å². The lowest BCUT2D eigenvalue weighted by Crippen LogP contribution is -2.07. The Hall–Kier alpha value is -0.960. The monoisotopic (exact) mass is 264 g/mol. The maximum absolute atomic E-state index is 12.1. The first kappa shape index (κ1) is 13.5. The van der Waals surface area contributed by atoms with E-state index >= 15 is 0 Å². The van der Waals surface area contributed by atoms with Crippen LogP contribution in [0.4, 0.5) is 0 Å². The minimum Gasteiger partial charge on any atom is -0.496 e. The SMILES string of the molecule is COc1ccccc1C(=O)CSCC1CCCC1. The first-order chi connectivity index (χ1) is 8.81. The van der Waals surface area contributed by atoms with Gasteiger partial charge in [0.05, 0.1) is 18.4 Å². The number of carbonyl (C=O) groups excluding carboxylic acids is 1. The average molecular weight is 264 g/mol. The van der Waals surface area contributed by atoms with Crippen molar-refractivity contribution in [2.75, 3.05) is 18.6 Å². The first-order valence-corrected chi connectivity index (χ1v) is 7.70. The Morgan fingerprint density at radius 3 is 2.78 bits per heavy atom. The molecular weight excluding hydrogens is 244 g/mol. The summed E-state index contributed by atoms with van der Waals surface area (Å²) in [5.74, 6) is 3.39. The molecule has 0 saturated heterocycles. The van der Waals surface area contributed by atoms with Gasteiger partial charge >= 0.3 is 0 Å². The van der Waals surface area contributed by atoms with Crippen LogP contribution in [0.3, 0.4) is 0 Å². The number of carbonyl (C=O) groups is 1. The van der Waals surface area contributed by atoms with Crippen molar-refractivity contribution in [1.29, 1.82) is 0 Å². The van der Waals surface area contributed by atoms with E-state index in [9.17, 15) is 4.79 Å². The van der Waals surface area contributed by atoms with Crippen LogP contribution < -0.4 is 4.74 Å². The van der Waals surface area contributed by atoms with Gasteiger partial charge in [0.25, 0.3) is 0 Å². The highest BCUT2D eigenvalue weighted by molar-refractivity contribution is 7.99. The summed E-state index contributed by atoms with van der Waals surface area (Å²) < 4.78 is 5.22. The number of thioether (sulfide) groups is 1. The number of hydrogen-bond acceptors (Lipinski definition) is 3. The molecule has 1 saturated carbocycles. The molecule has 98 valence electrons. The lowest BCUT2D eigenvalue weighted by atomic mass is 10.1. The summed E-state index contributed by atoms with van der Waals surface area (Å²) in [5.41, 5.74) is 0.707. The number of methoxy groups -OCH3 is 1. The lowest BCUT2D eigenvalue weighted by molar-refractivity contribution is 0.101. The molecule has 1 fully saturated rings. The lowest BCUT2D eigenvalue weighted by Gasteiger charge is -2.09. The van der Waals surface area contributed by atoms with Crippen molar-refractivity contribution in [3.63, 3.8) is 0 Å². The number of para-hydroxylation sites is 1. The van der Waals surface area contributed by atoms with Gasteiger partial charge in [-0.25, -0.2) is 0 Å². The van der Waals surface area contributed by atoms with Gasteiger partial charge in [0.2, 0.25) is 0 Å². The highest BCUT2D eigenvalue weighted by atomic mass is 32.2. The van der Waals surface area contributed by atoms with Crippen molar-refractivity contribution in [3.05, 3.63) is 29.8 Å². The Morgan fingerprint density at radius 1 is 1.33 bits per heavy atom. The molecule has 18 heavy (non-hydrogen) atoms. The Kier molecular flexibility index (Phi) is 5.12. The van der Waals surface area contributed by atoms with Crippen LogP contribution in [-0.2, 0) is 0 Å². The molecule has 0 heterocycles. The van der Waals surface area contributed by atoms with Crippen LogP contribution in [0.5, 0.6) is 5.75 Å². The van der Waals surface area contributed by atoms with E-state index in [0.717, 1.165) is 11.7 Å². The zero-order valence-corrected chi connectivity index (χ0v) is 11.7. The first-order valence-electron chi connectivity index (χ1n) is 6.55. The number of Topliss-reactive ketones (excluding diaryl/α,β-unsaturated/α-hetero) is 1. The molecule has 1 aliphatic rings. The second-order valence-corrected chi connectivity index (χ2v) is 5.82. The number of benzene rings is 1. The third-order valence-electron chi connectivity index (χ3n) is 3.47. The summed E-state index contributed by atoms with van der Waals surface area (Å²) in [5, 5.41) is 0. The molecule has 3 heteroatoms. The van der Waals surface area contributed by atoms with Gasteiger partial charge in [0.15, 0.2) is 5.78 Å². The fraction of sp³-hybridized carbons (Fsp3) is 0.533. The Balaban J connectivity index is 1.83. The van der Waals surface area contributed by atoms with Gasteiger partial charge in [-0.3, -0.25) is 4.79 Å². The fourth-order valence-electron chi connectivity index (χ4n) is 2.45. The Bertz CT molecular complexity index is 397.